The Labute approximate surface area is 141 Å². The quantitative estimate of drug-likeness (QED) is 0.804. The summed E-state index contributed by atoms with van der Waals surface area (Å²) in [7, 11) is -1.66. The van der Waals surface area contributed by atoms with Crippen LogP contribution in [0, 0.1) is 5.92 Å². The minimum atomic E-state index is -1.66. The molecule has 0 bridgehead atoms. The molecule has 2 atom stereocenters. The lowest BCUT2D eigenvalue weighted by Gasteiger charge is -2.49. The zero-order valence-electron chi connectivity index (χ0n) is 14.8. The molecule has 2 aliphatic carbocycles. The predicted molar refractivity (Wildman–Crippen MR) is 98.0 cm³/mol. The predicted octanol–water partition coefficient (Wildman–Crippen LogP) is 4.79. The molecule has 1 fully saturated rings. The van der Waals surface area contributed by atoms with Gasteiger partial charge in [-0.3, -0.25) is 0 Å². The van der Waals surface area contributed by atoms with Crippen molar-refractivity contribution in [1.29, 1.82) is 0 Å². The summed E-state index contributed by atoms with van der Waals surface area (Å²) >= 11 is 0. The molecule has 23 heavy (non-hydrogen) atoms. The molecule has 0 saturated heterocycles. The van der Waals surface area contributed by atoms with Crippen molar-refractivity contribution in [2.24, 2.45) is 5.92 Å². The van der Waals surface area contributed by atoms with E-state index in [1.54, 1.807) is 0 Å². The van der Waals surface area contributed by atoms with Gasteiger partial charge in [0.25, 0.3) is 0 Å². The van der Waals surface area contributed by atoms with E-state index in [-0.39, 0.29) is 12.0 Å². The molecular weight excluding hydrogens is 300 g/mol. The third-order valence-corrected chi connectivity index (χ3v) is 6.24. The van der Waals surface area contributed by atoms with Crippen LogP contribution < -0.4 is 0 Å². The lowest BCUT2D eigenvalue weighted by molar-refractivity contribution is 0.127. The van der Waals surface area contributed by atoms with Crippen LogP contribution in [0.25, 0.3) is 0 Å². The number of allylic oxidation sites excluding steroid dienone is 2. The maximum Gasteiger partial charge on any atom is 0.241 e. The van der Waals surface area contributed by atoms with Gasteiger partial charge in [0.05, 0.1) is 11.2 Å². The van der Waals surface area contributed by atoms with E-state index in [4.69, 9.17) is 4.43 Å². The second-order valence-corrected chi connectivity index (χ2v) is 12.5. The molecule has 1 spiro atoms. The minimum absolute atomic E-state index is 0.00387. The average Bonchev–Trinajstić information content (AvgIpc) is 2.51. The van der Waals surface area contributed by atoms with Crippen molar-refractivity contribution in [2.45, 2.75) is 63.6 Å². The number of hydrogen-bond donors (Lipinski definition) is 1. The van der Waals surface area contributed by atoms with E-state index < -0.39 is 8.32 Å². The van der Waals surface area contributed by atoms with Crippen molar-refractivity contribution in [3.63, 3.8) is 0 Å². The van der Waals surface area contributed by atoms with Gasteiger partial charge in [-0.1, -0.05) is 37.1 Å². The van der Waals surface area contributed by atoms with Gasteiger partial charge in [0, 0.05) is 6.61 Å². The molecule has 0 unspecified atom stereocenters. The van der Waals surface area contributed by atoms with E-state index >= 15 is 0 Å². The Morgan fingerprint density at radius 3 is 2.74 bits per heavy atom. The van der Waals surface area contributed by atoms with E-state index in [0.29, 0.717) is 5.92 Å². The fourth-order valence-electron chi connectivity index (χ4n) is 4.58. The number of fused-ring (bicyclic) bond motifs is 2. The summed E-state index contributed by atoms with van der Waals surface area (Å²) in [5.41, 5.74) is 2.91. The molecule has 2 nitrogen and oxygen atoms in total. The first kappa shape index (κ1) is 16.8. The van der Waals surface area contributed by atoms with Crippen LogP contribution in [-0.2, 0) is 16.3 Å². The second kappa shape index (κ2) is 6.44. The molecule has 1 saturated carbocycles. The van der Waals surface area contributed by atoms with Crippen molar-refractivity contribution < 1.29 is 9.53 Å². The van der Waals surface area contributed by atoms with E-state index in [0.717, 1.165) is 19.3 Å². The number of hydrogen-bond acceptors (Lipinski definition) is 2. The normalized spacial score (nSPS) is 27.5. The smallest absolute Gasteiger partial charge is 0.241 e. The van der Waals surface area contributed by atoms with Crippen molar-refractivity contribution in [1.82, 2.24) is 0 Å². The van der Waals surface area contributed by atoms with Crippen LogP contribution in [0.15, 0.2) is 36.1 Å². The molecule has 1 aromatic rings. The van der Waals surface area contributed by atoms with Gasteiger partial charge in [-0.15, -0.1) is 0 Å². The van der Waals surface area contributed by atoms with E-state index in [1.165, 1.54) is 36.1 Å². The van der Waals surface area contributed by atoms with Crippen LogP contribution >= 0.6 is 0 Å². The largest absolute Gasteiger partial charge is 0.547 e. The lowest BCUT2D eigenvalue weighted by atomic mass is 9.58. The SMILES string of the molecule is C[Si](C)(C)OC1=CCc2ccccc2[C@@]12CCCC[C@H]2CCO. The molecule has 3 rings (SSSR count). The Morgan fingerprint density at radius 2 is 2.00 bits per heavy atom. The Morgan fingerprint density at radius 1 is 1.22 bits per heavy atom. The first-order valence-corrected chi connectivity index (χ1v) is 12.5. The number of aliphatic hydroxyl groups excluding tert-OH is 1. The molecule has 2 aliphatic rings. The Hall–Kier alpha value is -1.06. The Balaban J connectivity index is 2.11. The van der Waals surface area contributed by atoms with Crippen molar-refractivity contribution >= 4 is 8.32 Å². The summed E-state index contributed by atoms with van der Waals surface area (Å²) in [5.74, 6) is 1.71. The van der Waals surface area contributed by atoms with Crippen molar-refractivity contribution in [2.75, 3.05) is 6.61 Å². The van der Waals surface area contributed by atoms with Gasteiger partial charge in [-0.2, -0.15) is 0 Å². The zero-order chi connectivity index (χ0) is 16.5. The molecule has 126 valence electrons. The fourth-order valence-corrected chi connectivity index (χ4v) is 5.51. The highest BCUT2D eigenvalue weighted by Gasteiger charge is 2.49. The maximum atomic E-state index is 9.65. The third-order valence-electron chi connectivity index (χ3n) is 5.41. The highest BCUT2D eigenvalue weighted by molar-refractivity contribution is 6.70. The lowest BCUT2D eigenvalue weighted by Crippen LogP contribution is -2.46. The van der Waals surface area contributed by atoms with Crippen molar-refractivity contribution in [3.8, 4) is 0 Å². The molecule has 0 aliphatic heterocycles. The zero-order valence-corrected chi connectivity index (χ0v) is 15.8. The monoisotopic (exact) mass is 330 g/mol. The molecule has 0 amide bonds. The van der Waals surface area contributed by atoms with Crippen molar-refractivity contribution in [3.05, 3.63) is 47.2 Å². The fraction of sp³-hybridized carbons (Fsp3) is 0.600. The van der Waals surface area contributed by atoms with Gasteiger partial charge < -0.3 is 9.53 Å². The standard InChI is InChI=1S/C20H30O2Si/c1-23(2,3)22-19-12-11-16-8-4-5-10-18(16)20(19)14-7-6-9-17(20)13-15-21/h4-5,8,10,12,17,21H,6-7,9,11,13-15H2,1-3H3/t17-,20-/m0/s1. The Bertz CT molecular complexity index is 586. The number of aliphatic hydroxyl groups is 1. The summed E-state index contributed by atoms with van der Waals surface area (Å²) in [6.07, 6.45) is 9.07. The van der Waals surface area contributed by atoms with Gasteiger partial charge in [0.2, 0.25) is 8.32 Å². The third kappa shape index (κ3) is 3.14. The summed E-state index contributed by atoms with van der Waals surface area (Å²) in [6.45, 7) is 7.08. The van der Waals surface area contributed by atoms with Gasteiger partial charge in [0.15, 0.2) is 0 Å². The van der Waals surface area contributed by atoms with Crippen LogP contribution in [0.1, 0.15) is 43.2 Å². The highest BCUT2D eigenvalue weighted by Crippen LogP contribution is 2.53. The summed E-state index contributed by atoms with van der Waals surface area (Å²) in [6, 6.07) is 8.90. The molecule has 1 N–H and O–H groups in total. The maximum absolute atomic E-state index is 9.65. The summed E-state index contributed by atoms with van der Waals surface area (Å²) in [5, 5.41) is 9.65. The molecule has 0 radical (unpaired) electrons. The molecule has 3 heteroatoms. The van der Waals surface area contributed by atoms with E-state index in [1.807, 2.05) is 0 Å². The van der Waals surface area contributed by atoms with Gasteiger partial charge >= 0.3 is 0 Å². The van der Waals surface area contributed by atoms with Crippen LogP contribution in [0.2, 0.25) is 19.6 Å². The van der Waals surface area contributed by atoms with Gasteiger partial charge in [-0.05, 0) is 68.4 Å². The van der Waals surface area contributed by atoms with E-state index in [9.17, 15) is 5.11 Å². The Kier molecular flexibility index (Phi) is 4.70. The van der Waals surface area contributed by atoms with Crippen LogP contribution in [0.3, 0.4) is 0 Å². The van der Waals surface area contributed by atoms with Crippen LogP contribution in [-0.4, -0.2) is 20.0 Å². The molecule has 1 aromatic carbocycles. The van der Waals surface area contributed by atoms with Crippen LogP contribution in [0.4, 0.5) is 0 Å². The topological polar surface area (TPSA) is 29.5 Å². The van der Waals surface area contributed by atoms with Gasteiger partial charge in [0.1, 0.15) is 0 Å². The van der Waals surface area contributed by atoms with Crippen LogP contribution in [0.5, 0.6) is 0 Å². The molecular formula is C20H30O2Si. The highest BCUT2D eigenvalue weighted by atomic mass is 28.4. The van der Waals surface area contributed by atoms with Gasteiger partial charge in [-0.25, -0.2) is 0 Å². The first-order chi connectivity index (χ1) is 11.0. The summed E-state index contributed by atoms with van der Waals surface area (Å²) < 4.78 is 6.62. The first-order valence-electron chi connectivity index (χ1n) is 9.06. The summed E-state index contributed by atoms with van der Waals surface area (Å²) in [4.78, 5) is 0. The average molecular weight is 331 g/mol. The molecule has 0 aromatic heterocycles. The number of rotatable bonds is 4. The number of benzene rings is 1. The molecule has 0 heterocycles. The van der Waals surface area contributed by atoms with E-state index in [2.05, 4.69) is 50.0 Å². The minimum Gasteiger partial charge on any atom is -0.547 e. The second-order valence-electron chi connectivity index (χ2n) is 8.07.